The van der Waals surface area contributed by atoms with Crippen LogP contribution in [0.15, 0.2) is 18.2 Å². The van der Waals surface area contributed by atoms with Crippen molar-refractivity contribution >= 4 is 11.6 Å². The molecule has 96 valence electrons. The molecule has 17 heavy (non-hydrogen) atoms. The van der Waals surface area contributed by atoms with Crippen molar-refractivity contribution in [2.45, 2.75) is 58.5 Å². The van der Waals surface area contributed by atoms with Crippen LogP contribution in [0.4, 0.5) is 0 Å². The lowest BCUT2D eigenvalue weighted by molar-refractivity contribution is 0.162. The van der Waals surface area contributed by atoms with Crippen LogP contribution in [0.2, 0.25) is 5.02 Å². The van der Waals surface area contributed by atoms with E-state index in [9.17, 15) is 5.11 Å². The van der Waals surface area contributed by atoms with E-state index in [1.165, 1.54) is 25.7 Å². The van der Waals surface area contributed by atoms with Crippen molar-refractivity contribution in [1.82, 2.24) is 0 Å². The summed E-state index contributed by atoms with van der Waals surface area (Å²) in [5.74, 6) is 0. The molecule has 0 aromatic heterocycles. The highest BCUT2D eigenvalue weighted by Crippen LogP contribution is 2.27. The Hall–Kier alpha value is -0.530. The first-order valence-corrected chi connectivity index (χ1v) is 6.97. The van der Waals surface area contributed by atoms with Gasteiger partial charge in [0.2, 0.25) is 0 Å². The molecule has 0 aliphatic rings. The molecule has 0 saturated heterocycles. The fraction of sp³-hybridized carbons (Fsp3) is 0.600. The van der Waals surface area contributed by atoms with E-state index in [-0.39, 0.29) is 6.10 Å². The lowest BCUT2D eigenvalue weighted by Gasteiger charge is -2.14. The number of halogens is 1. The van der Waals surface area contributed by atoms with Crippen LogP contribution in [0.25, 0.3) is 0 Å². The largest absolute Gasteiger partial charge is 0.388 e. The fourth-order valence-electron chi connectivity index (χ4n) is 2.08. The van der Waals surface area contributed by atoms with Crippen molar-refractivity contribution in [2.75, 3.05) is 0 Å². The minimum atomic E-state index is -0.365. The lowest BCUT2D eigenvalue weighted by Crippen LogP contribution is -2.00. The average molecular weight is 255 g/mol. The molecule has 1 atom stereocenters. The summed E-state index contributed by atoms with van der Waals surface area (Å²) in [6, 6.07) is 5.75. The van der Waals surface area contributed by atoms with Gasteiger partial charge in [0.15, 0.2) is 0 Å². The maximum absolute atomic E-state index is 10.1. The van der Waals surface area contributed by atoms with E-state index in [2.05, 4.69) is 6.92 Å². The molecule has 2 heteroatoms. The van der Waals surface area contributed by atoms with Crippen molar-refractivity contribution in [3.8, 4) is 0 Å². The number of hydrogen-bond donors (Lipinski definition) is 1. The molecule has 0 spiro atoms. The predicted molar refractivity (Wildman–Crippen MR) is 74.5 cm³/mol. The fourth-order valence-corrected chi connectivity index (χ4v) is 2.26. The summed E-state index contributed by atoms with van der Waals surface area (Å²) in [7, 11) is 0. The first-order chi connectivity index (χ1) is 8.16. The molecule has 1 aromatic rings. The van der Waals surface area contributed by atoms with Crippen LogP contribution in [-0.2, 0) is 0 Å². The van der Waals surface area contributed by atoms with E-state index in [1.807, 2.05) is 25.1 Å². The monoisotopic (exact) mass is 254 g/mol. The van der Waals surface area contributed by atoms with E-state index in [0.717, 1.165) is 29.0 Å². The molecule has 1 N–H and O–H groups in total. The molecular formula is C15H23ClO. The van der Waals surface area contributed by atoms with E-state index >= 15 is 0 Å². The second-order valence-electron chi connectivity index (χ2n) is 4.67. The van der Waals surface area contributed by atoms with Gasteiger partial charge in [0, 0.05) is 5.02 Å². The normalized spacial score (nSPS) is 12.7. The quantitative estimate of drug-likeness (QED) is 0.676. The van der Waals surface area contributed by atoms with Crippen molar-refractivity contribution in [3.63, 3.8) is 0 Å². The molecular weight excluding hydrogens is 232 g/mol. The van der Waals surface area contributed by atoms with Crippen molar-refractivity contribution in [1.29, 1.82) is 0 Å². The van der Waals surface area contributed by atoms with E-state index in [0.29, 0.717) is 0 Å². The van der Waals surface area contributed by atoms with Crippen molar-refractivity contribution in [3.05, 3.63) is 34.3 Å². The average Bonchev–Trinajstić information content (AvgIpc) is 2.32. The van der Waals surface area contributed by atoms with Crippen LogP contribution in [0, 0.1) is 6.92 Å². The SMILES string of the molecule is CCCCCCCC(O)c1cccc(Cl)c1C. The third kappa shape index (κ3) is 4.69. The molecule has 1 rings (SSSR count). The topological polar surface area (TPSA) is 20.2 Å². The number of aliphatic hydroxyl groups excluding tert-OH is 1. The minimum Gasteiger partial charge on any atom is -0.388 e. The zero-order valence-corrected chi connectivity index (χ0v) is 11.6. The Labute approximate surface area is 110 Å². The zero-order valence-electron chi connectivity index (χ0n) is 10.9. The van der Waals surface area contributed by atoms with E-state index in [1.54, 1.807) is 0 Å². The Bertz CT molecular complexity index is 336. The molecule has 0 aliphatic heterocycles. The summed E-state index contributed by atoms with van der Waals surface area (Å²) < 4.78 is 0. The minimum absolute atomic E-state index is 0.365. The maximum atomic E-state index is 10.1. The van der Waals surface area contributed by atoms with Gasteiger partial charge in [-0.1, -0.05) is 62.8 Å². The van der Waals surface area contributed by atoms with Crippen LogP contribution in [0.1, 0.15) is 62.7 Å². The second-order valence-corrected chi connectivity index (χ2v) is 5.08. The lowest BCUT2D eigenvalue weighted by atomic mass is 9.98. The zero-order chi connectivity index (χ0) is 12.7. The highest BCUT2D eigenvalue weighted by Gasteiger charge is 2.11. The molecule has 0 saturated carbocycles. The van der Waals surface area contributed by atoms with Gasteiger partial charge >= 0.3 is 0 Å². The number of rotatable bonds is 7. The second kappa shape index (κ2) is 7.73. The van der Waals surface area contributed by atoms with Crippen molar-refractivity contribution in [2.24, 2.45) is 0 Å². The van der Waals surface area contributed by atoms with Crippen LogP contribution in [0.3, 0.4) is 0 Å². The Kier molecular flexibility index (Phi) is 6.61. The molecule has 1 nitrogen and oxygen atoms in total. The Balaban J connectivity index is 2.41. The molecule has 0 radical (unpaired) electrons. The van der Waals surface area contributed by atoms with Crippen LogP contribution < -0.4 is 0 Å². The standard InChI is InChI=1S/C15H23ClO/c1-3-4-5-6-7-11-15(17)13-9-8-10-14(16)12(13)2/h8-10,15,17H,3-7,11H2,1-2H3. The summed E-state index contributed by atoms with van der Waals surface area (Å²) in [6.45, 7) is 4.18. The van der Waals surface area contributed by atoms with Gasteiger partial charge in [0.05, 0.1) is 6.10 Å². The smallest absolute Gasteiger partial charge is 0.0793 e. The Morgan fingerprint density at radius 3 is 2.59 bits per heavy atom. The van der Waals surface area contributed by atoms with Gasteiger partial charge in [-0.2, -0.15) is 0 Å². The van der Waals surface area contributed by atoms with Crippen LogP contribution >= 0.6 is 11.6 Å². The third-order valence-electron chi connectivity index (χ3n) is 3.25. The number of hydrogen-bond acceptors (Lipinski definition) is 1. The summed E-state index contributed by atoms with van der Waals surface area (Å²) >= 11 is 6.05. The summed E-state index contributed by atoms with van der Waals surface area (Å²) in [5, 5.41) is 10.9. The van der Waals surface area contributed by atoms with Gasteiger partial charge in [-0.05, 0) is 30.5 Å². The van der Waals surface area contributed by atoms with Gasteiger partial charge in [-0.15, -0.1) is 0 Å². The van der Waals surface area contributed by atoms with Crippen LogP contribution in [0.5, 0.6) is 0 Å². The molecule has 0 fully saturated rings. The van der Waals surface area contributed by atoms with E-state index < -0.39 is 0 Å². The number of benzene rings is 1. The maximum Gasteiger partial charge on any atom is 0.0793 e. The summed E-state index contributed by atoms with van der Waals surface area (Å²) in [6.07, 6.45) is 6.61. The highest BCUT2D eigenvalue weighted by atomic mass is 35.5. The Morgan fingerprint density at radius 1 is 1.18 bits per heavy atom. The molecule has 0 heterocycles. The van der Waals surface area contributed by atoms with Gasteiger partial charge in [-0.25, -0.2) is 0 Å². The molecule has 0 amide bonds. The predicted octanol–water partition coefficient (Wildman–Crippen LogP) is 5.04. The summed E-state index contributed by atoms with van der Waals surface area (Å²) in [4.78, 5) is 0. The highest BCUT2D eigenvalue weighted by molar-refractivity contribution is 6.31. The van der Waals surface area contributed by atoms with Crippen LogP contribution in [-0.4, -0.2) is 5.11 Å². The number of unbranched alkanes of at least 4 members (excludes halogenated alkanes) is 4. The van der Waals surface area contributed by atoms with Gasteiger partial charge in [0.25, 0.3) is 0 Å². The van der Waals surface area contributed by atoms with E-state index in [4.69, 9.17) is 11.6 Å². The van der Waals surface area contributed by atoms with Gasteiger partial charge < -0.3 is 5.11 Å². The first-order valence-electron chi connectivity index (χ1n) is 6.60. The number of aliphatic hydroxyl groups is 1. The third-order valence-corrected chi connectivity index (χ3v) is 3.66. The molecule has 1 aromatic carbocycles. The van der Waals surface area contributed by atoms with Gasteiger partial charge in [-0.3, -0.25) is 0 Å². The summed E-state index contributed by atoms with van der Waals surface area (Å²) in [5.41, 5.74) is 1.99. The van der Waals surface area contributed by atoms with Gasteiger partial charge in [0.1, 0.15) is 0 Å². The molecule has 0 bridgehead atoms. The Morgan fingerprint density at radius 2 is 1.88 bits per heavy atom. The molecule has 0 aliphatic carbocycles. The van der Waals surface area contributed by atoms with Crippen molar-refractivity contribution < 1.29 is 5.11 Å². The molecule has 1 unspecified atom stereocenters. The first kappa shape index (κ1) is 14.5.